The normalized spacial score (nSPS) is 15.6. The van der Waals surface area contributed by atoms with Crippen LogP contribution in [0.25, 0.3) is 0 Å². The Morgan fingerprint density at radius 2 is 1.62 bits per heavy atom. The quantitative estimate of drug-likeness (QED) is 0.374. The summed E-state index contributed by atoms with van der Waals surface area (Å²) in [4.78, 5) is 39.1. The van der Waals surface area contributed by atoms with Gasteiger partial charge in [-0.25, -0.2) is 4.79 Å². The Morgan fingerprint density at radius 3 is 2.24 bits per heavy atom. The molecule has 0 unspecified atom stereocenters. The summed E-state index contributed by atoms with van der Waals surface area (Å²) < 4.78 is 0. The van der Waals surface area contributed by atoms with Crippen LogP contribution in [0.5, 0.6) is 0 Å². The molecule has 4 rings (SSSR count). The van der Waals surface area contributed by atoms with Crippen LogP contribution in [-0.4, -0.2) is 46.0 Å². The number of anilines is 1. The number of carboxylic acid groups (broad SMARTS) is 1. The molecule has 0 spiro atoms. The molecule has 8 heteroatoms. The summed E-state index contributed by atoms with van der Waals surface area (Å²) in [7, 11) is 0. The number of hydrogen-bond donors (Lipinski definition) is 4. The molecule has 1 heterocycles. The van der Waals surface area contributed by atoms with Crippen molar-refractivity contribution in [2.45, 2.75) is 37.3 Å². The maximum atomic E-state index is 13.0. The highest BCUT2D eigenvalue weighted by molar-refractivity contribution is 5.97. The lowest BCUT2D eigenvalue weighted by Gasteiger charge is -2.32. The number of aliphatic hydroxyl groups is 1. The van der Waals surface area contributed by atoms with Gasteiger partial charge in [0.05, 0.1) is 6.42 Å². The van der Waals surface area contributed by atoms with Crippen molar-refractivity contribution in [3.63, 3.8) is 0 Å². The minimum atomic E-state index is -2.35. The summed E-state index contributed by atoms with van der Waals surface area (Å²) >= 11 is 0. The number of nitrogens with two attached hydrogens (primary N) is 1. The standard InChI is InChI=1S/C29H31N3O5/c30-19-20-5-4-6-23(17-20)21-13-15-32(16-14-21)27(34)22-9-11-25(12-10-22)31-26(33)18-29(37,28(35)36)24-7-2-1-3-8-24/h1-12,17,21,37H,13-16,18-19,30H2,(H,31,33)(H,35,36)/t29-/m0/s1. The number of nitrogens with zero attached hydrogens (tertiary/aromatic N) is 1. The third-order valence-electron chi connectivity index (χ3n) is 6.88. The minimum Gasteiger partial charge on any atom is -0.479 e. The Bertz CT molecular complexity index is 1250. The number of nitrogens with one attached hydrogen (secondary N) is 1. The smallest absolute Gasteiger partial charge is 0.340 e. The zero-order chi connectivity index (χ0) is 26.4. The number of carboxylic acids is 1. The maximum absolute atomic E-state index is 13.0. The molecule has 1 saturated heterocycles. The van der Waals surface area contributed by atoms with Crippen molar-refractivity contribution in [3.8, 4) is 0 Å². The molecule has 192 valence electrons. The zero-order valence-corrected chi connectivity index (χ0v) is 20.5. The molecule has 3 aromatic rings. The molecular formula is C29H31N3O5. The molecule has 8 nitrogen and oxygen atoms in total. The lowest BCUT2D eigenvalue weighted by molar-refractivity contribution is -0.162. The molecule has 0 saturated carbocycles. The molecule has 2 amide bonds. The number of amides is 2. The first-order valence-corrected chi connectivity index (χ1v) is 12.3. The summed E-state index contributed by atoms with van der Waals surface area (Å²) in [5, 5.41) is 22.8. The fourth-order valence-corrected chi connectivity index (χ4v) is 4.72. The molecular weight excluding hydrogens is 470 g/mol. The topological polar surface area (TPSA) is 133 Å². The van der Waals surface area contributed by atoms with Gasteiger partial charge in [0, 0.05) is 30.9 Å². The number of likely N-dealkylation sites (tertiary alicyclic amines) is 1. The summed E-state index contributed by atoms with van der Waals surface area (Å²) in [5.41, 5.74) is 6.82. The fourth-order valence-electron chi connectivity index (χ4n) is 4.72. The molecule has 3 aromatic carbocycles. The van der Waals surface area contributed by atoms with Crippen molar-refractivity contribution in [2.24, 2.45) is 5.73 Å². The van der Waals surface area contributed by atoms with Crippen molar-refractivity contribution in [1.82, 2.24) is 4.90 Å². The lowest BCUT2D eigenvalue weighted by atomic mass is 9.88. The van der Waals surface area contributed by atoms with E-state index in [4.69, 9.17) is 5.73 Å². The predicted molar refractivity (Wildman–Crippen MR) is 140 cm³/mol. The lowest BCUT2D eigenvalue weighted by Crippen LogP contribution is -2.39. The van der Waals surface area contributed by atoms with E-state index < -0.39 is 23.9 Å². The van der Waals surface area contributed by atoms with E-state index in [0.29, 0.717) is 36.8 Å². The Hall–Kier alpha value is -4.01. The van der Waals surface area contributed by atoms with Gasteiger partial charge in [0.1, 0.15) is 0 Å². The number of hydrogen-bond acceptors (Lipinski definition) is 5. The first-order chi connectivity index (χ1) is 17.8. The van der Waals surface area contributed by atoms with Gasteiger partial charge in [-0.2, -0.15) is 0 Å². The van der Waals surface area contributed by atoms with Gasteiger partial charge >= 0.3 is 5.97 Å². The van der Waals surface area contributed by atoms with E-state index in [2.05, 4.69) is 17.4 Å². The second kappa shape index (κ2) is 11.4. The van der Waals surface area contributed by atoms with Gasteiger partial charge < -0.3 is 26.2 Å². The first kappa shape index (κ1) is 26.1. The monoisotopic (exact) mass is 501 g/mol. The highest BCUT2D eigenvalue weighted by Gasteiger charge is 2.40. The number of carbonyl (C=O) groups is 3. The van der Waals surface area contributed by atoms with Crippen LogP contribution < -0.4 is 11.1 Å². The Labute approximate surface area is 215 Å². The van der Waals surface area contributed by atoms with Crippen LogP contribution >= 0.6 is 0 Å². The third-order valence-corrected chi connectivity index (χ3v) is 6.88. The van der Waals surface area contributed by atoms with Crippen LogP contribution in [0, 0.1) is 0 Å². The molecule has 0 bridgehead atoms. The van der Waals surface area contributed by atoms with E-state index in [1.165, 1.54) is 17.7 Å². The SMILES string of the molecule is NCc1cccc(C2CCN(C(=O)c3ccc(NC(=O)C[C@@](O)(C(=O)O)c4ccccc4)cc3)CC2)c1. The summed E-state index contributed by atoms with van der Waals surface area (Å²) in [6.45, 7) is 1.82. The van der Waals surface area contributed by atoms with E-state index in [1.54, 1.807) is 42.5 Å². The first-order valence-electron chi connectivity index (χ1n) is 12.3. The van der Waals surface area contributed by atoms with Crippen molar-refractivity contribution in [1.29, 1.82) is 0 Å². The molecule has 5 N–H and O–H groups in total. The largest absolute Gasteiger partial charge is 0.479 e. The van der Waals surface area contributed by atoms with Gasteiger partial charge in [-0.15, -0.1) is 0 Å². The van der Waals surface area contributed by atoms with E-state index in [0.717, 1.165) is 18.4 Å². The van der Waals surface area contributed by atoms with Crippen LogP contribution in [-0.2, 0) is 21.7 Å². The van der Waals surface area contributed by atoms with Crippen molar-refractivity contribution in [2.75, 3.05) is 18.4 Å². The van der Waals surface area contributed by atoms with Gasteiger partial charge in [-0.1, -0.05) is 54.6 Å². The maximum Gasteiger partial charge on any atom is 0.340 e. The number of aliphatic carboxylic acids is 1. The number of benzene rings is 3. The molecule has 0 radical (unpaired) electrons. The van der Waals surface area contributed by atoms with Crippen LogP contribution in [0.15, 0.2) is 78.9 Å². The highest BCUT2D eigenvalue weighted by atomic mass is 16.4. The van der Waals surface area contributed by atoms with E-state index in [9.17, 15) is 24.6 Å². The molecule has 37 heavy (non-hydrogen) atoms. The van der Waals surface area contributed by atoms with Gasteiger partial charge in [-0.3, -0.25) is 9.59 Å². The summed E-state index contributed by atoms with van der Waals surface area (Å²) in [5.74, 6) is -1.84. The van der Waals surface area contributed by atoms with E-state index in [1.807, 2.05) is 17.0 Å². The van der Waals surface area contributed by atoms with Gasteiger partial charge in [0.15, 0.2) is 5.60 Å². The molecule has 1 fully saturated rings. The predicted octanol–water partition coefficient (Wildman–Crippen LogP) is 3.47. The van der Waals surface area contributed by atoms with Crippen LogP contribution in [0.3, 0.4) is 0 Å². The van der Waals surface area contributed by atoms with E-state index >= 15 is 0 Å². The van der Waals surface area contributed by atoms with Crippen LogP contribution in [0.4, 0.5) is 5.69 Å². The molecule has 1 atom stereocenters. The number of piperidine rings is 1. The van der Waals surface area contributed by atoms with E-state index in [-0.39, 0.29) is 11.5 Å². The average molecular weight is 502 g/mol. The second-order valence-electron chi connectivity index (χ2n) is 9.35. The molecule has 0 aromatic heterocycles. The van der Waals surface area contributed by atoms with Crippen molar-refractivity contribution in [3.05, 3.63) is 101 Å². The zero-order valence-electron chi connectivity index (χ0n) is 20.5. The van der Waals surface area contributed by atoms with Crippen molar-refractivity contribution >= 4 is 23.5 Å². The Balaban J connectivity index is 1.34. The third kappa shape index (κ3) is 6.04. The van der Waals surface area contributed by atoms with Crippen LogP contribution in [0.1, 0.15) is 52.2 Å². The minimum absolute atomic E-state index is 0.0728. The fraction of sp³-hybridized carbons (Fsp3) is 0.276. The van der Waals surface area contributed by atoms with Gasteiger partial charge in [-0.05, 0) is 59.7 Å². The molecule has 0 aliphatic carbocycles. The highest BCUT2D eigenvalue weighted by Crippen LogP contribution is 2.30. The number of rotatable bonds is 8. The molecule has 1 aliphatic rings. The molecule has 1 aliphatic heterocycles. The van der Waals surface area contributed by atoms with Crippen LogP contribution in [0.2, 0.25) is 0 Å². The average Bonchev–Trinajstić information content (AvgIpc) is 2.93. The van der Waals surface area contributed by atoms with Gasteiger partial charge in [0.2, 0.25) is 5.91 Å². The Kier molecular flexibility index (Phi) is 8.01. The second-order valence-corrected chi connectivity index (χ2v) is 9.35. The number of carbonyl (C=O) groups excluding carboxylic acids is 2. The van der Waals surface area contributed by atoms with Crippen molar-refractivity contribution < 1.29 is 24.6 Å². The Morgan fingerprint density at radius 1 is 0.946 bits per heavy atom. The summed E-state index contributed by atoms with van der Waals surface area (Å²) in [6.07, 6.45) is 1.10. The van der Waals surface area contributed by atoms with Gasteiger partial charge in [0.25, 0.3) is 5.91 Å². The summed E-state index contributed by atoms with van der Waals surface area (Å²) in [6, 6.07) is 22.6.